The summed E-state index contributed by atoms with van der Waals surface area (Å²) >= 11 is 2.02. The van der Waals surface area contributed by atoms with Crippen LogP contribution >= 0.6 is 11.8 Å². The van der Waals surface area contributed by atoms with E-state index in [0.29, 0.717) is 5.25 Å². The van der Waals surface area contributed by atoms with Crippen molar-refractivity contribution in [3.63, 3.8) is 0 Å². The molecular formula is C44H30N2S. The van der Waals surface area contributed by atoms with E-state index in [1.54, 1.807) is 0 Å². The molecule has 0 saturated carbocycles. The SMILES string of the molecule is c1ccc(-c2cccc(N3c4ccccc4C4Sc5cc6c(cc5C43)c3ccccc3n6-c3cccc(-c4ccccc4)c3)c2)cc1. The lowest BCUT2D eigenvalue weighted by Gasteiger charge is -2.28. The third kappa shape index (κ3) is 4.13. The van der Waals surface area contributed by atoms with Crippen molar-refractivity contribution < 1.29 is 0 Å². The molecule has 222 valence electrons. The summed E-state index contributed by atoms with van der Waals surface area (Å²) in [7, 11) is 0. The Morgan fingerprint density at radius 2 is 1.04 bits per heavy atom. The van der Waals surface area contributed by atoms with Crippen molar-refractivity contribution in [3.05, 3.63) is 181 Å². The molecule has 47 heavy (non-hydrogen) atoms. The highest BCUT2D eigenvalue weighted by atomic mass is 32.2. The first kappa shape index (κ1) is 26.7. The summed E-state index contributed by atoms with van der Waals surface area (Å²) in [5.41, 5.74) is 14.0. The maximum Gasteiger partial charge on any atom is 0.0766 e. The molecular weight excluding hydrogens is 589 g/mol. The molecule has 0 bridgehead atoms. The van der Waals surface area contributed by atoms with Crippen LogP contribution < -0.4 is 4.90 Å². The summed E-state index contributed by atoms with van der Waals surface area (Å²) in [6.07, 6.45) is 0. The minimum atomic E-state index is 0.214. The third-order valence-corrected chi connectivity index (χ3v) is 11.3. The fourth-order valence-corrected chi connectivity index (χ4v) is 9.31. The molecule has 2 nitrogen and oxygen atoms in total. The highest BCUT2D eigenvalue weighted by Gasteiger charge is 2.46. The summed E-state index contributed by atoms with van der Waals surface area (Å²) in [6, 6.07) is 62.5. The van der Waals surface area contributed by atoms with E-state index in [1.165, 1.54) is 77.1 Å². The van der Waals surface area contributed by atoms with Gasteiger partial charge in [-0.1, -0.05) is 121 Å². The first-order valence-electron chi connectivity index (χ1n) is 16.3. The van der Waals surface area contributed by atoms with Gasteiger partial charge in [0.25, 0.3) is 0 Å². The predicted octanol–water partition coefficient (Wildman–Crippen LogP) is 12.2. The van der Waals surface area contributed by atoms with Crippen molar-refractivity contribution in [2.24, 2.45) is 0 Å². The van der Waals surface area contributed by atoms with Gasteiger partial charge in [0.1, 0.15) is 0 Å². The monoisotopic (exact) mass is 618 g/mol. The van der Waals surface area contributed by atoms with Crippen LogP contribution in [0.3, 0.4) is 0 Å². The molecule has 0 fully saturated rings. The van der Waals surface area contributed by atoms with Crippen molar-refractivity contribution >= 4 is 44.9 Å². The van der Waals surface area contributed by atoms with Crippen molar-refractivity contribution in [1.82, 2.24) is 4.57 Å². The number of rotatable bonds is 4. The first-order valence-corrected chi connectivity index (χ1v) is 17.1. The Morgan fingerprint density at radius 1 is 0.426 bits per heavy atom. The lowest BCUT2D eigenvalue weighted by atomic mass is 9.99. The van der Waals surface area contributed by atoms with E-state index in [0.717, 1.165) is 0 Å². The molecule has 2 atom stereocenters. The zero-order valence-electron chi connectivity index (χ0n) is 25.6. The Labute approximate surface area is 278 Å². The Morgan fingerprint density at radius 3 is 1.81 bits per heavy atom. The second-order valence-electron chi connectivity index (χ2n) is 12.5. The normalized spacial score (nSPS) is 16.4. The minimum Gasteiger partial charge on any atom is -0.332 e. The molecule has 0 N–H and O–H groups in total. The van der Waals surface area contributed by atoms with Crippen LogP contribution in [-0.4, -0.2) is 4.57 Å². The lowest BCUT2D eigenvalue weighted by molar-refractivity contribution is 0.738. The number of hydrogen-bond acceptors (Lipinski definition) is 2. The lowest BCUT2D eigenvalue weighted by Crippen LogP contribution is -2.19. The third-order valence-electron chi connectivity index (χ3n) is 9.89. The topological polar surface area (TPSA) is 8.17 Å². The largest absolute Gasteiger partial charge is 0.332 e. The predicted molar refractivity (Wildman–Crippen MR) is 198 cm³/mol. The van der Waals surface area contributed by atoms with Gasteiger partial charge in [-0.25, -0.2) is 0 Å². The summed E-state index contributed by atoms with van der Waals surface area (Å²) in [6.45, 7) is 0. The zero-order chi connectivity index (χ0) is 30.9. The molecule has 0 saturated heterocycles. The smallest absolute Gasteiger partial charge is 0.0766 e. The number of fused-ring (bicyclic) bond motifs is 8. The molecule has 1 aromatic heterocycles. The summed E-state index contributed by atoms with van der Waals surface area (Å²) in [5.74, 6) is 0. The van der Waals surface area contributed by atoms with E-state index in [4.69, 9.17) is 0 Å². The molecule has 0 amide bonds. The van der Waals surface area contributed by atoms with Crippen LogP contribution in [0.25, 0.3) is 49.7 Å². The summed E-state index contributed by atoms with van der Waals surface area (Å²) in [4.78, 5) is 3.97. The van der Waals surface area contributed by atoms with E-state index in [2.05, 4.69) is 179 Å². The second kappa shape index (κ2) is 10.5. The standard InChI is InChI=1S/C44H30N2S/c1-3-13-29(14-4-1)31-17-11-19-33(25-31)45-39-23-9-7-21-35(39)37-27-38-42(28-41(37)45)47-44-36-22-8-10-24-40(36)46(43(38)44)34-20-12-18-32(26-34)30-15-5-2-6-16-30/h1-28,43-44H. The van der Waals surface area contributed by atoms with E-state index >= 15 is 0 Å². The number of para-hydroxylation sites is 2. The van der Waals surface area contributed by atoms with Gasteiger partial charge in [0.05, 0.1) is 22.3 Å². The zero-order valence-corrected chi connectivity index (χ0v) is 26.4. The van der Waals surface area contributed by atoms with Gasteiger partial charge in [0, 0.05) is 32.7 Å². The number of hydrogen-bond donors (Lipinski definition) is 0. The van der Waals surface area contributed by atoms with Gasteiger partial charge in [-0.15, -0.1) is 11.8 Å². The van der Waals surface area contributed by atoms with Crippen molar-refractivity contribution in [1.29, 1.82) is 0 Å². The second-order valence-corrected chi connectivity index (χ2v) is 13.7. The van der Waals surface area contributed by atoms with E-state index in [-0.39, 0.29) is 6.04 Å². The highest BCUT2D eigenvalue weighted by molar-refractivity contribution is 8.00. The van der Waals surface area contributed by atoms with Crippen molar-refractivity contribution in [2.75, 3.05) is 4.90 Å². The van der Waals surface area contributed by atoms with Crippen LogP contribution in [0, 0.1) is 0 Å². The summed E-state index contributed by atoms with van der Waals surface area (Å²) < 4.78 is 2.46. The van der Waals surface area contributed by atoms with Crippen LogP contribution in [0.15, 0.2) is 175 Å². The van der Waals surface area contributed by atoms with Crippen LogP contribution in [0.1, 0.15) is 22.4 Å². The average Bonchev–Trinajstić information content (AvgIpc) is 3.78. The molecule has 2 aliphatic heterocycles. The Hall–Kier alpha value is -5.51. The number of anilines is 2. The van der Waals surface area contributed by atoms with Gasteiger partial charge < -0.3 is 9.47 Å². The van der Waals surface area contributed by atoms with Crippen LogP contribution in [0.4, 0.5) is 11.4 Å². The molecule has 2 unspecified atom stereocenters. The van der Waals surface area contributed by atoms with Crippen LogP contribution in [0.5, 0.6) is 0 Å². The van der Waals surface area contributed by atoms with Gasteiger partial charge in [0.15, 0.2) is 0 Å². The molecule has 3 heterocycles. The average molecular weight is 619 g/mol. The first-order chi connectivity index (χ1) is 23.3. The van der Waals surface area contributed by atoms with E-state index < -0.39 is 0 Å². The Balaban J connectivity index is 1.16. The van der Waals surface area contributed by atoms with Gasteiger partial charge >= 0.3 is 0 Å². The molecule has 3 heteroatoms. The Bertz CT molecular complexity index is 2460. The number of nitrogens with zero attached hydrogens (tertiary/aromatic N) is 2. The van der Waals surface area contributed by atoms with Gasteiger partial charge in [-0.2, -0.15) is 0 Å². The maximum atomic E-state index is 2.60. The van der Waals surface area contributed by atoms with Crippen molar-refractivity contribution in [3.8, 4) is 27.9 Å². The van der Waals surface area contributed by atoms with Crippen molar-refractivity contribution in [2.45, 2.75) is 16.2 Å². The van der Waals surface area contributed by atoms with Gasteiger partial charge in [-0.05, 0) is 81.9 Å². The van der Waals surface area contributed by atoms with E-state index in [9.17, 15) is 0 Å². The van der Waals surface area contributed by atoms with Gasteiger partial charge in [0.2, 0.25) is 0 Å². The molecule has 7 aromatic carbocycles. The molecule has 10 rings (SSSR count). The maximum absolute atomic E-state index is 2.60. The van der Waals surface area contributed by atoms with Crippen LogP contribution in [-0.2, 0) is 0 Å². The summed E-state index contributed by atoms with van der Waals surface area (Å²) in [5, 5.41) is 2.92. The Kier molecular flexibility index (Phi) is 5.97. The van der Waals surface area contributed by atoms with Gasteiger partial charge in [-0.3, -0.25) is 0 Å². The molecule has 2 aliphatic rings. The molecule has 0 aliphatic carbocycles. The molecule has 0 radical (unpaired) electrons. The fourth-order valence-electron chi connectivity index (χ4n) is 7.81. The number of benzene rings is 7. The fraction of sp³-hybridized carbons (Fsp3) is 0.0455. The number of thioether (sulfide) groups is 1. The number of aromatic nitrogens is 1. The molecule has 8 aromatic rings. The molecule has 0 spiro atoms. The van der Waals surface area contributed by atoms with E-state index in [1.807, 2.05) is 11.8 Å². The minimum absolute atomic E-state index is 0.214. The quantitative estimate of drug-likeness (QED) is 0.194. The highest BCUT2D eigenvalue weighted by Crippen LogP contribution is 2.65. The van der Waals surface area contributed by atoms with Crippen LogP contribution in [0.2, 0.25) is 0 Å².